The third kappa shape index (κ3) is 5.39. The summed E-state index contributed by atoms with van der Waals surface area (Å²) in [4.78, 5) is 14.1. The topological polar surface area (TPSA) is 84.9 Å². The average molecular weight is 479 g/mol. The fourth-order valence-electron chi connectivity index (χ4n) is 3.79. The third-order valence-electron chi connectivity index (χ3n) is 5.79. The molecule has 0 aromatic heterocycles. The summed E-state index contributed by atoms with van der Waals surface area (Å²) in [7, 11) is -0.707. The minimum absolute atomic E-state index is 0.0328. The fraction of sp³-hybridized carbons (Fsp3) is 0.435. The number of hydrogen-bond donors (Lipinski definition) is 1. The Balaban J connectivity index is 1.60. The lowest BCUT2D eigenvalue weighted by atomic mass is 9.96. The van der Waals surface area contributed by atoms with E-state index in [4.69, 9.17) is 9.47 Å². The maximum absolute atomic E-state index is 13.1. The van der Waals surface area contributed by atoms with Crippen molar-refractivity contribution in [2.24, 2.45) is 5.92 Å². The van der Waals surface area contributed by atoms with Crippen LogP contribution in [0.4, 0.5) is 0 Å². The van der Waals surface area contributed by atoms with Gasteiger partial charge in [0.2, 0.25) is 15.9 Å². The molecule has 1 saturated heterocycles. The Labute approximate surface area is 194 Å². The maximum Gasteiger partial charge on any atom is 0.243 e. The van der Waals surface area contributed by atoms with Crippen molar-refractivity contribution in [1.82, 2.24) is 9.62 Å². The highest BCUT2D eigenvalue weighted by Crippen LogP contribution is 2.32. The van der Waals surface area contributed by atoms with E-state index in [9.17, 15) is 13.2 Å². The Morgan fingerprint density at radius 3 is 2.25 bits per heavy atom. The largest absolute Gasteiger partial charge is 0.493 e. The molecule has 1 atom stereocenters. The van der Waals surface area contributed by atoms with Gasteiger partial charge in [0.1, 0.15) is 0 Å². The van der Waals surface area contributed by atoms with Crippen molar-refractivity contribution in [3.05, 3.63) is 48.0 Å². The van der Waals surface area contributed by atoms with Crippen LogP contribution in [0.3, 0.4) is 0 Å². The van der Waals surface area contributed by atoms with Crippen molar-refractivity contribution in [2.45, 2.75) is 35.6 Å². The number of ether oxygens (including phenoxy) is 2. The summed E-state index contributed by atoms with van der Waals surface area (Å²) in [5.41, 5.74) is 1.05. The van der Waals surface area contributed by atoms with Crippen LogP contribution in [0.5, 0.6) is 11.5 Å². The predicted octanol–water partition coefficient (Wildman–Crippen LogP) is 3.70. The van der Waals surface area contributed by atoms with Crippen molar-refractivity contribution in [3.8, 4) is 11.5 Å². The molecule has 1 heterocycles. The third-order valence-corrected chi connectivity index (χ3v) is 8.43. The van der Waals surface area contributed by atoms with Crippen LogP contribution < -0.4 is 14.8 Å². The van der Waals surface area contributed by atoms with E-state index in [2.05, 4.69) is 5.32 Å². The van der Waals surface area contributed by atoms with Crippen molar-refractivity contribution in [1.29, 1.82) is 0 Å². The Hall–Kier alpha value is -2.23. The van der Waals surface area contributed by atoms with E-state index in [0.29, 0.717) is 37.4 Å². The van der Waals surface area contributed by atoms with Crippen LogP contribution >= 0.6 is 11.8 Å². The summed E-state index contributed by atoms with van der Waals surface area (Å²) in [6.07, 6.45) is 2.99. The first-order valence-corrected chi connectivity index (χ1v) is 13.1. The summed E-state index contributed by atoms with van der Waals surface area (Å²) in [5.74, 6) is 0.593. The number of piperidine rings is 1. The molecule has 3 rings (SSSR count). The smallest absolute Gasteiger partial charge is 0.243 e. The first kappa shape index (κ1) is 24.4. The molecule has 1 amide bonds. The second-order valence-corrected chi connectivity index (χ2v) is 10.5. The lowest BCUT2D eigenvalue weighted by molar-refractivity contribution is -0.126. The number of sulfonamides is 1. The van der Waals surface area contributed by atoms with E-state index in [1.807, 2.05) is 37.4 Å². The molecule has 7 nitrogen and oxygen atoms in total. The average Bonchev–Trinajstić information content (AvgIpc) is 2.83. The van der Waals surface area contributed by atoms with E-state index in [1.165, 1.54) is 35.6 Å². The SMILES string of the molecule is COc1ccc(S(=O)(=O)N2CCC(C(=O)N[C@@H](C)c3ccc(SC)cc3)CC2)cc1OC. The first-order chi connectivity index (χ1) is 15.3. The molecule has 1 fully saturated rings. The van der Waals surface area contributed by atoms with Gasteiger partial charge < -0.3 is 14.8 Å². The van der Waals surface area contributed by atoms with Gasteiger partial charge in [-0.1, -0.05) is 12.1 Å². The van der Waals surface area contributed by atoms with E-state index in [0.717, 1.165) is 5.56 Å². The highest BCUT2D eigenvalue weighted by molar-refractivity contribution is 7.98. The number of nitrogens with one attached hydrogen (secondary N) is 1. The lowest BCUT2D eigenvalue weighted by Gasteiger charge is -2.31. The zero-order valence-electron chi connectivity index (χ0n) is 18.8. The molecule has 1 N–H and O–H groups in total. The van der Waals surface area contributed by atoms with Crippen LogP contribution in [0.2, 0.25) is 0 Å². The molecule has 1 aliphatic heterocycles. The van der Waals surface area contributed by atoms with Crippen LogP contribution in [-0.4, -0.2) is 52.2 Å². The van der Waals surface area contributed by atoms with Gasteiger partial charge in [-0.2, -0.15) is 4.31 Å². The van der Waals surface area contributed by atoms with Crippen molar-refractivity contribution in [3.63, 3.8) is 0 Å². The molecule has 0 unspecified atom stereocenters. The van der Waals surface area contributed by atoms with Crippen molar-refractivity contribution in [2.75, 3.05) is 33.6 Å². The maximum atomic E-state index is 13.1. The number of nitrogens with zero attached hydrogens (tertiary/aromatic N) is 1. The Morgan fingerprint density at radius 1 is 1.06 bits per heavy atom. The zero-order valence-corrected chi connectivity index (χ0v) is 20.5. The summed E-state index contributed by atoms with van der Waals surface area (Å²) in [6.45, 7) is 2.56. The molecule has 0 spiro atoms. The molecule has 174 valence electrons. The Bertz CT molecular complexity index is 1030. The number of carbonyl (C=O) groups is 1. The minimum Gasteiger partial charge on any atom is -0.493 e. The molecule has 32 heavy (non-hydrogen) atoms. The van der Waals surface area contributed by atoms with Gasteiger partial charge in [-0.15, -0.1) is 11.8 Å². The number of rotatable bonds is 8. The Kier molecular flexibility index (Phi) is 8.08. The molecular weight excluding hydrogens is 448 g/mol. The number of hydrogen-bond acceptors (Lipinski definition) is 6. The number of benzene rings is 2. The minimum atomic E-state index is -3.68. The molecule has 2 aromatic carbocycles. The molecule has 0 radical (unpaired) electrons. The molecule has 0 aliphatic carbocycles. The molecule has 2 aromatic rings. The lowest BCUT2D eigenvalue weighted by Crippen LogP contribution is -2.43. The molecular formula is C23H30N2O5S2. The molecule has 0 saturated carbocycles. The van der Waals surface area contributed by atoms with E-state index >= 15 is 0 Å². The zero-order chi connectivity index (χ0) is 23.3. The standard InChI is InChI=1S/C23H30N2O5S2/c1-16(17-5-7-19(31-4)8-6-17)24-23(26)18-11-13-25(14-12-18)32(27,28)20-9-10-21(29-2)22(15-20)30-3/h5-10,15-16,18H,11-14H2,1-4H3,(H,24,26)/t16-/m0/s1. The monoisotopic (exact) mass is 478 g/mol. The number of methoxy groups -OCH3 is 2. The first-order valence-electron chi connectivity index (χ1n) is 10.5. The van der Waals surface area contributed by atoms with Gasteiger partial charge in [0.15, 0.2) is 11.5 Å². The summed E-state index contributed by atoms with van der Waals surface area (Å²) in [5, 5.41) is 3.07. The summed E-state index contributed by atoms with van der Waals surface area (Å²) < 4.78 is 38.0. The quantitative estimate of drug-likeness (QED) is 0.583. The van der Waals surface area contributed by atoms with E-state index in [1.54, 1.807) is 17.8 Å². The van der Waals surface area contributed by atoms with Crippen LogP contribution in [0.25, 0.3) is 0 Å². The number of amides is 1. The van der Waals surface area contributed by atoms with E-state index in [-0.39, 0.29) is 22.8 Å². The molecule has 0 bridgehead atoms. The van der Waals surface area contributed by atoms with Gasteiger partial charge in [0.05, 0.1) is 25.2 Å². The van der Waals surface area contributed by atoms with Gasteiger partial charge in [0, 0.05) is 30.0 Å². The summed E-state index contributed by atoms with van der Waals surface area (Å²) in [6, 6.07) is 12.6. The normalized spacial score (nSPS) is 16.4. The van der Waals surface area contributed by atoms with Crippen LogP contribution in [-0.2, 0) is 14.8 Å². The van der Waals surface area contributed by atoms with Crippen LogP contribution in [0.1, 0.15) is 31.4 Å². The van der Waals surface area contributed by atoms with Crippen LogP contribution in [0, 0.1) is 5.92 Å². The fourth-order valence-corrected chi connectivity index (χ4v) is 5.69. The van der Waals surface area contributed by atoms with Gasteiger partial charge >= 0.3 is 0 Å². The predicted molar refractivity (Wildman–Crippen MR) is 126 cm³/mol. The Morgan fingerprint density at radius 2 is 1.69 bits per heavy atom. The molecule has 1 aliphatic rings. The summed E-state index contributed by atoms with van der Waals surface area (Å²) >= 11 is 1.68. The number of carbonyl (C=O) groups excluding carboxylic acids is 1. The van der Waals surface area contributed by atoms with Gasteiger partial charge in [-0.05, 0) is 55.9 Å². The van der Waals surface area contributed by atoms with Gasteiger partial charge in [-0.3, -0.25) is 4.79 Å². The second-order valence-electron chi connectivity index (χ2n) is 7.70. The van der Waals surface area contributed by atoms with Crippen LogP contribution in [0.15, 0.2) is 52.3 Å². The van der Waals surface area contributed by atoms with Gasteiger partial charge in [0.25, 0.3) is 0 Å². The van der Waals surface area contributed by atoms with E-state index < -0.39 is 10.0 Å². The van der Waals surface area contributed by atoms with Crippen molar-refractivity contribution >= 4 is 27.7 Å². The highest BCUT2D eigenvalue weighted by atomic mass is 32.2. The second kappa shape index (κ2) is 10.6. The van der Waals surface area contributed by atoms with Gasteiger partial charge in [-0.25, -0.2) is 8.42 Å². The molecule has 9 heteroatoms. The number of thioether (sulfide) groups is 1. The van der Waals surface area contributed by atoms with Crippen molar-refractivity contribution < 1.29 is 22.7 Å². The highest BCUT2D eigenvalue weighted by Gasteiger charge is 2.33.